The summed E-state index contributed by atoms with van der Waals surface area (Å²) in [5, 5.41) is 1.25. The van der Waals surface area contributed by atoms with E-state index >= 15 is 0 Å². The van der Waals surface area contributed by atoms with Crippen LogP contribution in [-0.4, -0.2) is 16.1 Å². The average Bonchev–Trinajstić information content (AvgIpc) is 2.91. The van der Waals surface area contributed by atoms with Crippen LogP contribution in [0.4, 0.5) is 0 Å². The number of rotatable bonds is 4. The maximum Gasteiger partial charge on any atom is 0.258 e. The van der Waals surface area contributed by atoms with Gasteiger partial charge in [-0.1, -0.05) is 42.5 Å². The monoisotopic (exact) mass is 331 g/mol. The lowest BCUT2D eigenvalue weighted by Crippen LogP contribution is -2.23. The molecule has 0 bridgehead atoms. The molecule has 1 heterocycles. The summed E-state index contributed by atoms with van der Waals surface area (Å²) in [7, 11) is 0. The van der Waals surface area contributed by atoms with Gasteiger partial charge in [-0.3, -0.25) is 9.59 Å². The van der Waals surface area contributed by atoms with Crippen molar-refractivity contribution in [3.05, 3.63) is 70.0 Å². The molecule has 0 fully saturated rings. The second-order valence-corrected chi connectivity index (χ2v) is 6.41. The highest BCUT2D eigenvalue weighted by Gasteiger charge is 2.32. The lowest BCUT2D eigenvalue weighted by atomic mass is 10.0. The summed E-state index contributed by atoms with van der Waals surface area (Å²) < 4.78 is 1.67. The summed E-state index contributed by atoms with van der Waals surface area (Å²) in [4.78, 5) is 37.3. The molecule has 4 nitrogen and oxygen atoms in total. The van der Waals surface area contributed by atoms with Crippen LogP contribution in [0.3, 0.4) is 0 Å². The third-order valence-corrected chi connectivity index (χ3v) is 4.74. The molecule has 1 aliphatic rings. The van der Waals surface area contributed by atoms with E-state index in [9.17, 15) is 14.4 Å². The first-order chi connectivity index (χ1) is 12.1. The summed E-state index contributed by atoms with van der Waals surface area (Å²) in [6.45, 7) is 1.97. The number of hydrogen-bond donors (Lipinski definition) is 0. The zero-order chi connectivity index (χ0) is 17.6. The Balaban J connectivity index is 2.03. The van der Waals surface area contributed by atoms with E-state index in [1.54, 1.807) is 23.6 Å². The Morgan fingerprint density at radius 1 is 0.920 bits per heavy atom. The maximum atomic E-state index is 13.0. The standard InChI is InChI=1S/C21H17NO3/c1-13(23)7-6-12-22-19-15-9-3-4-10-16(15)20(24)18(19)14-8-2-5-11-17(14)21(22)25/h2-5,8-11H,6-7,12H2,1H3. The number of hydrogen-bond acceptors (Lipinski definition) is 3. The van der Waals surface area contributed by atoms with E-state index in [0.29, 0.717) is 47.0 Å². The van der Waals surface area contributed by atoms with Gasteiger partial charge in [-0.05, 0) is 19.4 Å². The van der Waals surface area contributed by atoms with Gasteiger partial charge < -0.3 is 9.36 Å². The molecule has 0 atom stereocenters. The molecule has 0 saturated carbocycles. The molecule has 0 radical (unpaired) electrons. The molecule has 1 aliphatic carbocycles. The van der Waals surface area contributed by atoms with E-state index in [4.69, 9.17) is 0 Å². The van der Waals surface area contributed by atoms with E-state index in [2.05, 4.69) is 0 Å². The number of carbonyl (C=O) groups is 2. The second-order valence-electron chi connectivity index (χ2n) is 6.41. The van der Waals surface area contributed by atoms with Crippen molar-refractivity contribution < 1.29 is 9.59 Å². The number of benzene rings is 2. The normalized spacial score (nSPS) is 12.3. The zero-order valence-corrected chi connectivity index (χ0v) is 13.9. The van der Waals surface area contributed by atoms with Gasteiger partial charge in [-0.15, -0.1) is 0 Å². The Labute approximate surface area is 144 Å². The minimum absolute atomic E-state index is 0.0397. The summed E-state index contributed by atoms with van der Waals surface area (Å²) in [6.07, 6.45) is 1.00. The third kappa shape index (κ3) is 2.33. The van der Waals surface area contributed by atoms with Crippen molar-refractivity contribution in [3.63, 3.8) is 0 Å². The van der Waals surface area contributed by atoms with Crippen molar-refractivity contribution in [2.24, 2.45) is 0 Å². The molecular formula is C21H17NO3. The number of fused-ring (bicyclic) bond motifs is 5. The fraction of sp³-hybridized carbons (Fsp3) is 0.190. The number of aromatic nitrogens is 1. The van der Waals surface area contributed by atoms with Crippen LogP contribution in [0.15, 0.2) is 53.3 Å². The first kappa shape index (κ1) is 15.5. The average molecular weight is 331 g/mol. The number of pyridine rings is 1. The molecule has 0 saturated heterocycles. The molecule has 4 heteroatoms. The number of Topliss-reactive ketones (excluding diaryl/α,β-unsaturated/α-hetero) is 1. The van der Waals surface area contributed by atoms with Gasteiger partial charge in [0.15, 0.2) is 5.78 Å². The Hall–Kier alpha value is -3.01. The van der Waals surface area contributed by atoms with Crippen LogP contribution in [0.1, 0.15) is 35.7 Å². The predicted molar refractivity (Wildman–Crippen MR) is 97.0 cm³/mol. The summed E-state index contributed by atoms with van der Waals surface area (Å²) in [6, 6.07) is 14.6. The highest BCUT2D eigenvalue weighted by molar-refractivity contribution is 6.26. The van der Waals surface area contributed by atoms with Crippen molar-refractivity contribution in [3.8, 4) is 11.3 Å². The molecule has 2 aromatic carbocycles. The van der Waals surface area contributed by atoms with Gasteiger partial charge in [0.25, 0.3) is 5.56 Å². The van der Waals surface area contributed by atoms with Gasteiger partial charge in [0.05, 0.1) is 11.3 Å². The smallest absolute Gasteiger partial charge is 0.258 e. The molecule has 0 N–H and O–H groups in total. The summed E-state index contributed by atoms with van der Waals surface area (Å²) >= 11 is 0. The van der Waals surface area contributed by atoms with Crippen molar-refractivity contribution in [2.45, 2.75) is 26.3 Å². The first-order valence-corrected chi connectivity index (χ1v) is 8.38. The molecule has 4 rings (SSSR count). The van der Waals surface area contributed by atoms with E-state index < -0.39 is 0 Å². The van der Waals surface area contributed by atoms with Crippen LogP contribution in [0.2, 0.25) is 0 Å². The minimum atomic E-state index is -0.109. The summed E-state index contributed by atoms with van der Waals surface area (Å²) in [5.41, 5.74) is 2.61. The van der Waals surface area contributed by atoms with E-state index in [1.807, 2.05) is 36.4 Å². The molecule has 0 spiro atoms. The van der Waals surface area contributed by atoms with Gasteiger partial charge in [0, 0.05) is 34.9 Å². The topological polar surface area (TPSA) is 56.1 Å². The second kappa shape index (κ2) is 5.81. The fourth-order valence-electron chi connectivity index (χ4n) is 3.63. The number of ketones is 2. The highest BCUT2D eigenvalue weighted by atomic mass is 16.1. The molecule has 124 valence electrons. The third-order valence-electron chi connectivity index (χ3n) is 4.74. The Bertz CT molecular complexity index is 1090. The quantitative estimate of drug-likeness (QED) is 0.574. The van der Waals surface area contributed by atoms with Crippen molar-refractivity contribution >= 4 is 22.3 Å². The van der Waals surface area contributed by atoms with Gasteiger partial charge in [-0.25, -0.2) is 0 Å². The minimum Gasteiger partial charge on any atom is -0.307 e. The zero-order valence-electron chi connectivity index (χ0n) is 13.9. The van der Waals surface area contributed by atoms with E-state index in [0.717, 1.165) is 5.56 Å². The van der Waals surface area contributed by atoms with Gasteiger partial charge in [0.1, 0.15) is 5.78 Å². The van der Waals surface area contributed by atoms with Crippen LogP contribution < -0.4 is 5.56 Å². The largest absolute Gasteiger partial charge is 0.307 e. The van der Waals surface area contributed by atoms with Crippen LogP contribution >= 0.6 is 0 Å². The van der Waals surface area contributed by atoms with E-state index in [-0.39, 0.29) is 17.1 Å². The molecule has 25 heavy (non-hydrogen) atoms. The Morgan fingerprint density at radius 2 is 1.56 bits per heavy atom. The van der Waals surface area contributed by atoms with Crippen molar-refractivity contribution in [2.75, 3.05) is 0 Å². The fourth-order valence-corrected chi connectivity index (χ4v) is 3.63. The predicted octanol–water partition coefficient (Wildman–Crippen LogP) is 3.58. The summed E-state index contributed by atoms with van der Waals surface area (Å²) in [5.74, 6) is 0.0593. The lowest BCUT2D eigenvalue weighted by Gasteiger charge is -2.14. The van der Waals surface area contributed by atoms with Crippen LogP contribution in [0.25, 0.3) is 22.0 Å². The molecule has 3 aromatic rings. The molecular weight excluding hydrogens is 314 g/mol. The molecule has 0 amide bonds. The van der Waals surface area contributed by atoms with Gasteiger partial charge in [0.2, 0.25) is 0 Å². The number of carbonyl (C=O) groups excluding carboxylic acids is 2. The first-order valence-electron chi connectivity index (χ1n) is 8.38. The van der Waals surface area contributed by atoms with Gasteiger partial charge >= 0.3 is 0 Å². The molecule has 0 unspecified atom stereocenters. The van der Waals surface area contributed by atoms with Crippen molar-refractivity contribution in [1.29, 1.82) is 0 Å². The Morgan fingerprint density at radius 3 is 2.28 bits per heavy atom. The SMILES string of the molecule is CC(=O)CCCn1c2c(c3ccccc3c1=O)C(=O)c1ccccc1-2. The van der Waals surface area contributed by atoms with Crippen molar-refractivity contribution in [1.82, 2.24) is 4.57 Å². The maximum absolute atomic E-state index is 13.0. The van der Waals surface area contributed by atoms with E-state index in [1.165, 1.54) is 0 Å². The Kier molecular flexibility index (Phi) is 3.61. The van der Waals surface area contributed by atoms with Gasteiger partial charge in [-0.2, -0.15) is 0 Å². The molecule has 0 aliphatic heterocycles. The lowest BCUT2D eigenvalue weighted by molar-refractivity contribution is -0.117. The van der Waals surface area contributed by atoms with Crippen LogP contribution in [0, 0.1) is 0 Å². The number of nitrogens with zero attached hydrogens (tertiary/aromatic N) is 1. The molecule has 1 aromatic heterocycles. The van der Waals surface area contributed by atoms with Crippen LogP contribution in [0.5, 0.6) is 0 Å². The highest BCUT2D eigenvalue weighted by Crippen LogP contribution is 2.39. The van der Waals surface area contributed by atoms with Crippen LogP contribution in [-0.2, 0) is 11.3 Å².